The summed E-state index contributed by atoms with van der Waals surface area (Å²) in [6.07, 6.45) is 1.55. The van der Waals surface area contributed by atoms with E-state index in [-0.39, 0.29) is 18.3 Å². The van der Waals surface area contributed by atoms with Crippen LogP contribution in [0.4, 0.5) is 4.39 Å². The Hall–Kier alpha value is -3.27. The number of carbonyl (C=O) groups excluding carboxylic acids is 1. The topological polar surface area (TPSA) is 83.6 Å². The van der Waals surface area contributed by atoms with Crippen molar-refractivity contribution in [2.75, 3.05) is 6.54 Å². The van der Waals surface area contributed by atoms with E-state index in [2.05, 4.69) is 15.4 Å². The fourth-order valence-corrected chi connectivity index (χ4v) is 2.29. The molecule has 0 bridgehead atoms. The highest BCUT2D eigenvalue weighted by atomic mass is 19.1. The Kier molecular flexibility index (Phi) is 3.73. The molecule has 0 radical (unpaired) electrons. The van der Waals surface area contributed by atoms with Crippen molar-refractivity contribution in [1.82, 2.24) is 20.1 Å². The summed E-state index contributed by atoms with van der Waals surface area (Å²) in [6, 6.07) is 9.33. The second-order valence-corrected chi connectivity index (χ2v) is 4.91. The van der Waals surface area contributed by atoms with Gasteiger partial charge in [0.25, 0.3) is 5.91 Å². The Morgan fingerprint density at radius 2 is 2.13 bits per heavy atom. The molecule has 0 aliphatic carbocycles. The maximum absolute atomic E-state index is 13.1. The minimum absolute atomic E-state index is 0.0885. The van der Waals surface area contributed by atoms with E-state index in [1.165, 1.54) is 12.1 Å². The quantitative estimate of drug-likeness (QED) is 0.750. The number of rotatable bonds is 3. The molecule has 3 aromatic rings. The van der Waals surface area contributed by atoms with Crippen LogP contribution in [-0.2, 0) is 7.05 Å². The molecule has 114 valence electrons. The minimum Gasteiger partial charge on any atom is -0.339 e. The van der Waals surface area contributed by atoms with Gasteiger partial charge in [-0.2, -0.15) is 10.4 Å². The maximum Gasteiger partial charge on any atom is 0.252 e. The number of carbonyl (C=O) groups is 1. The minimum atomic E-state index is -0.379. The number of pyridine rings is 1. The van der Waals surface area contributed by atoms with E-state index < -0.39 is 0 Å². The number of nitrogens with zero attached hydrogens (tertiary/aromatic N) is 4. The van der Waals surface area contributed by atoms with Crippen molar-refractivity contribution in [2.24, 2.45) is 7.05 Å². The zero-order valence-electron chi connectivity index (χ0n) is 12.2. The summed E-state index contributed by atoms with van der Waals surface area (Å²) in [5.74, 6) is -0.724. The Morgan fingerprint density at radius 3 is 2.83 bits per heavy atom. The number of hydrogen-bond donors (Lipinski definition) is 1. The van der Waals surface area contributed by atoms with Crippen LogP contribution in [0.1, 0.15) is 10.4 Å². The summed E-state index contributed by atoms with van der Waals surface area (Å²) in [7, 11) is 1.72. The fourth-order valence-electron chi connectivity index (χ4n) is 2.29. The van der Waals surface area contributed by atoms with Crippen LogP contribution in [0, 0.1) is 17.1 Å². The van der Waals surface area contributed by atoms with Crippen LogP contribution in [0.2, 0.25) is 0 Å². The molecule has 0 saturated carbocycles. The molecule has 2 heterocycles. The van der Waals surface area contributed by atoms with Gasteiger partial charge in [0.15, 0.2) is 5.65 Å². The smallest absolute Gasteiger partial charge is 0.252 e. The second-order valence-electron chi connectivity index (χ2n) is 4.91. The van der Waals surface area contributed by atoms with Crippen molar-refractivity contribution in [3.8, 4) is 17.3 Å². The number of fused-ring (bicyclic) bond motifs is 1. The molecule has 23 heavy (non-hydrogen) atoms. The average molecular weight is 309 g/mol. The van der Waals surface area contributed by atoms with Crippen molar-refractivity contribution in [1.29, 1.82) is 5.26 Å². The van der Waals surface area contributed by atoms with Gasteiger partial charge in [-0.05, 0) is 30.3 Å². The van der Waals surface area contributed by atoms with E-state index in [1.54, 1.807) is 36.1 Å². The van der Waals surface area contributed by atoms with Crippen molar-refractivity contribution < 1.29 is 9.18 Å². The van der Waals surface area contributed by atoms with Gasteiger partial charge in [-0.1, -0.05) is 0 Å². The summed E-state index contributed by atoms with van der Waals surface area (Å²) in [5.41, 5.74) is 2.12. The molecule has 0 unspecified atom stereocenters. The SMILES string of the molecule is Cn1ncc2c(C(=O)NCC#N)cc(-c3ccc(F)cc3)nc21. The van der Waals surface area contributed by atoms with Gasteiger partial charge in [-0.25, -0.2) is 9.37 Å². The molecule has 6 nitrogen and oxygen atoms in total. The van der Waals surface area contributed by atoms with Gasteiger partial charge in [-0.3, -0.25) is 9.48 Å². The third-order valence-corrected chi connectivity index (χ3v) is 3.42. The zero-order valence-corrected chi connectivity index (χ0v) is 12.2. The monoisotopic (exact) mass is 309 g/mol. The molecule has 7 heteroatoms. The lowest BCUT2D eigenvalue weighted by Crippen LogP contribution is -2.23. The van der Waals surface area contributed by atoms with Crippen LogP contribution in [0.5, 0.6) is 0 Å². The van der Waals surface area contributed by atoms with E-state index in [0.717, 1.165) is 0 Å². The Bertz CT molecular complexity index is 924. The summed E-state index contributed by atoms with van der Waals surface area (Å²) in [6.45, 7) is -0.0885. The van der Waals surface area contributed by atoms with E-state index in [9.17, 15) is 9.18 Å². The first-order chi connectivity index (χ1) is 11.1. The number of benzene rings is 1. The van der Waals surface area contributed by atoms with Crippen LogP contribution in [-0.4, -0.2) is 27.2 Å². The fraction of sp³-hybridized carbons (Fsp3) is 0.125. The molecule has 0 fully saturated rings. The number of amides is 1. The highest BCUT2D eigenvalue weighted by Crippen LogP contribution is 2.24. The number of aromatic nitrogens is 3. The van der Waals surface area contributed by atoms with E-state index in [4.69, 9.17) is 5.26 Å². The number of nitriles is 1. The van der Waals surface area contributed by atoms with Gasteiger partial charge in [-0.15, -0.1) is 0 Å². The van der Waals surface area contributed by atoms with E-state index >= 15 is 0 Å². The van der Waals surface area contributed by atoms with Crippen molar-refractivity contribution in [2.45, 2.75) is 0 Å². The van der Waals surface area contributed by atoms with Crippen molar-refractivity contribution in [3.63, 3.8) is 0 Å². The summed E-state index contributed by atoms with van der Waals surface area (Å²) in [5, 5.41) is 15.8. The Morgan fingerprint density at radius 1 is 1.39 bits per heavy atom. The first-order valence-electron chi connectivity index (χ1n) is 6.84. The summed E-state index contributed by atoms with van der Waals surface area (Å²) in [4.78, 5) is 16.8. The lowest BCUT2D eigenvalue weighted by atomic mass is 10.1. The van der Waals surface area contributed by atoms with E-state index in [0.29, 0.717) is 27.9 Å². The Labute approximate surface area is 131 Å². The van der Waals surface area contributed by atoms with Crippen molar-refractivity contribution >= 4 is 16.9 Å². The number of nitrogens with one attached hydrogen (secondary N) is 1. The third kappa shape index (κ3) is 2.74. The number of aryl methyl sites for hydroxylation is 1. The number of hydrogen-bond acceptors (Lipinski definition) is 4. The zero-order chi connectivity index (χ0) is 16.4. The van der Waals surface area contributed by atoms with Crippen LogP contribution in [0.3, 0.4) is 0 Å². The van der Waals surface area contributed by atoms with Gasteiger partial charge >= 0.3 is 0 Å². The largest absolute Gasteiger partial charge is 0.339 e. The maximum atomic E-state index is 13.1. The molecule has 1 amide bonds. The first-order valence-corrected chi connectivity index (χ1v) is 6.84. The lowest BCUT2D eigenvalue weighted by Gasteiger charge is -2.07. The number of halogens is 1. The highest BCUT2D eigenvalue weighted by molar-refractivity contribution is 6.06. The standard InChI is InChI=1S/C16H12FN5O/c1-22-15-13(9-20-22)12(16(23)19-7-6-18)8-14(21-15)10-2-4-11(17)5-3-10/h2-5,8-9H,7H2,1H3,(H,19,23). The first kappa shape index (κ1) is 14.7. The molecule has 0 aliphatic rings. The summed E-state index contributed by atoms with van der Waals surface area (Å²) >= 11 is 0. The molecule has 1 N–H and O–H groups in total. The highest BCUT2D eigenvalue weighted by Gasteiger charge is 2.16. The molecular weight excluding hydrogens is 297 g/mol. The third-order valence-electron chi connectivity index (χ3n) is 3.42. The molecule has 0 saturated heterocycles. The van der Waals surface area contributed by atoms with Gasteiger partial charge in [0.05, 0.1) is 28.9 Å². The predicted octanol–water partition coefficient (Wildman–Crippen LogP) is 2.03. The van der Waals surface area contributed by atoms with Crippen LogP contribution in [0.15, 0.2) is 36.5 Å². The van der Waals surface area contributed by atoms with Gasteiger partial charge < -0.3 is 5.32 Å². The van der Waals surface area contributed by atoms with Gasteiger partial charge in [0.2, 0.25) is 0 Å². The van der Waals surface area contributed by atoms with Crippen LogP contribution < -0.4 is 5.32 Å². The van der Waals surface area contributed by atoms with Crippen molar-refractivity contribution in [3.05, 3.63) is 47.9 Å². The molecule has 1 aromatic carbocycles. The molecular formula is C16H12FN5O. The second kappa shape index (κ2) is 5.85. The molecule has 0 spiro atoms. The molecule has 2 aromatic heterocycles. The Balaban J connectivity index is 2.16. The predicted molar refractivity (Wildman–Crippen MR) is 81.8 cm³/mol. The lowest BCUT2D eigenvalue weighted by molar-refractivity contribution is 0.0960. The van der Waals surface area contributed by atoms with Crippen LogP contribution >= 0.6 is 0 Å². The van der Waals surface area contributed by atoms with Gasteiger partial charge in [0, 0.05) is 12.6 Å². The average Bonchev–Trinajstić information content (AvgIpc) is 2.94. The molecule has 0 atom stereocenters. The normalized spacial score (nSPS) is 10.5. The van der Waals surface area contributed by atoms with E-state index in [1.807, 2.05) is 6.07 Å². The summed E-state index contributed by atoms with van der Waals surface area (Å²) < 4.78 is 14.6. The molecule has 0 aliphatic heterocycles. The van der Waals surface area contributed by atoms with Crippen LogP contribution in [0.25, 0.3) is 22.3 Å². The molecule has 3 rings (SSSR count). The van der Waals surface area contributed by atoms with Gasteiger partial charge in [0.1, 0.15) is 12.4 Å².